The van der Waals surface area contributed by atoms with Crippen molar-refractivity contribution in [2.45, 2.75) is 19.0 Å². The molecule has 0 aromatic heterocycles. The predicted molar refractivity (Wildman–Crippen MR) is 47.0 cm³/mol. The monoisotopic (exact) mass is 168 g/mol. The van der Waals surface area contributed by atoms with Gasteiger partial charge in [0, 0.05) is 17.6 Å². The van der Waals surface area contributed by atoms with E-state index in [0.29, 0.717) is 5.56 Å². The standard InChI is InChI=1S/C9H13FN2/c1-6(11)9(12)7-4-2-3-5-8(7)10/h2-6,9H,11-12H2,1H3. The van der Waals surface area contributed by atoms with E-state index in [1.165, 1.54) is 6.07 Å². The highest BCUT2D eigenvalue weighted by molar-refractivity contribution is 5.21. The second kappa shape index (κ2) is 3.65. The van der Waals surface area contributed by atoms with Gasteiger partial charge in [0.05, 0.1) is 0 Å². The first-order valence-corrected chi connectivity index (χ1v) is 3.88. The Morgan fingerprint density at radius 3 is 2.33 bits per heavy atom. The van der Waals surface area contributed by atoms with Crippen LogP contribution >= 0.6 is 0 Å². The number of benzene rings is 1. The quantitative estimate of drug-likeness (QED) is 0.696. The average molecular weight is 168 g/mol. The highest BCUT2D eigenvalue weighted by Crippen LogP contribution is 2.15. The van der Waals surface area contributed by atoms with Crippen LogP contribution in [-0.4, -0.2) is 6.04 Å². The third kappa shape index (κ3) is 1.81. The molecule has 0 aliphatic heterocycles. The lowest BCUT2D eigenvalue weighted by Gasteiger charge is -2.16. The van der Waals surface area contributed by atoms with Gasteiger partial charge in [-0.05, 0) is 13.0 Å². The third-order valence-corrected chi connectivity index (χ3v) is 1.83. The van der Waals surface area contributed by atoms with E-state index in [9.17, 15) is 4.39 Å². The Kier molecular flexibility index (Phi) is 2.78. The second-order valence-electron chi connectivity index (χ2n) is 2.91. The maximum Gasteiger partial charge on any atom is 0.128 e. The van der Waals surface area contributed by atoms with Gasteiger partial charge in [-0.3, -0.25) is 0 Å². The lowest BCUT2D eigenvalue weighted by atomic mass is 10.0. The van der Waals surface area contributed by atoms with E-state index in [-0.39, 0.29) is 11.9 Å². The third-order valence-electron chi connectivity index (χ3n) is 1.83. The molecule has 4 N–H and O–H groups in total. The Balaban J connectivity index is 2.94. The fraction of sp³-hybridized carbons (Fsp3) is 0.333. The zero-order valence-electron chi connectivity index (χ0n) is 7.00. The molecular weight excluding hydrogens is 155 g/mol. The number of rotatable bonds is 2. The van der Waals surface area contributed by atoms with Gasteiger partial charge < -0.3 is 11.5 Å². The number of halogens is 1. The Hall–Kier alpha value is -0.930. The molecule has 1 aromatic rings. The summed E-state index contributed by atoms with van der Waals surface area (Å²) in [5.74, 6) is -0.290. The van der Waals surface area contributed by atoms with Gasteiger partial charge >= 0.3 is 0 Å². The molecule has 1 aromatic carbocycles. The van der Waals surface area contributed by atoms with E-state index in [1.54, 1.807) is 25.1 Å². The minimum absolute atomic E-state index is 0.234. The van der Waals surface area contributed by atoms with Crippen LogP contribution < -0.4 is 11.5 Å². The van der Waals surface area contributed by atoms with Crippen LogP contribution in [-0.2, 0) is 0 Å². The Labute approximate surface area is 71.4 Å². The van der Waals surface area contributed by atoms with Crippen LogP contribution in [0.5, 0.6) is 0 Å². The largest absolute Gasteiger partial charge is 0.326 e. The molecule has 0 bridgehead atoms. The van der Waals surface area contributed by atoms with Crippen LogP contribution in [0.1, 0.15) is 18.5 Å². The highest BCUT2D eigenvalue weighted by atomic mass is 19.1. The molecule has 0 heterocycles. The van der Waals surface area contributed by atoms with Crippen molar-refractivity contribution >= 4 is 0 Å². The zero-order chi connectivity index (χ0) is 9.14. The molecule has 0 radical (unpaired) electrons. The van der Waals surface area contributed by atoms with Gasteiger partial charge in [-0.25, -0.2) is 4.39 Å². The number of hydrogen-bond donors (Lipinski definition) is 2. The lowest BCUT2D eigenvalue weighted by Crippen LogP contribution is -2.31. The minimum Gasteiger partial charge on any atom is -0.326 e. The zero-order valence-corrected chi connectivity index (χ0v) is 7.00. The molecule has 0 saturated heterocycles. The molecule has 2 atom stereocenters. The maximum absolute atomic E-state index is 13.1. The van der Waals surface area contributed by atoms with Crippen LogP contribution in [0.2, 0.25) is 0 Å². The SMILES string of the molecule is CC(N)C(N)c1ccccc1F. The van der Waals surface area contributed by atoms with Crippen molar-refractivity contribution in [3.8, 4) is 0 Å². The van der Waals surface area contributed by atoms with Crippen molar-refractivity contribution in [1.29, 1.82) is 0 Å². The summed E-state index contributed by atoms with van der Waals surface area (Å²) >= 11 is 0. The molecule has 0 aliphatic rings. The van der Waals surface area contributed by atoms with Crippen LogP contribution in [0, 0.1) is 5.82 Å². The molecule has 66 valence electrons. The molecule has 12 heavy (non-hydrogen) atoms. The Bertz CT molecular complexity index is 260. The first-order chi connectivity index (χ1) is 5.63. The van der Waals surface area contributed by atoms with Crippen LogP contribution in [0.3, 0.4) is 0 Å². The van der Waals surface area contributed by atoms with E-state index in [2.05, 4.69) is 0 Å². The van der Waals surface area contributed by atoms with Gasteiger partial charge in [-0.1, -0.05) is 18.2 Å². The van der Waals surface area contributed by atoms with Crippen molar-refractivity contribution in [1.82, 2.24) is 0 Å². The van der Waals surface area contributed by atoms with Gasteiger partial charge in [0.15, 0.2) is 0 Å². The summed E-state index contributed by atoms with van der Waals surface area (Å²) < 4.78 is 13.1. The maximum atomic E-state index is 13.1. The summed E-state index contributed by atoms with van der Waals surface area (Å²) in [5, 5.41) is 0. The summed E-state index contributed by atoms with van der Waals surface area (Å²) in [6, 6.07) is 5.77. The molecule has 2 nitrogen and oxygen atoms in total. The lowest BCUT2D eigenvalue weighted by molar-refractivity contribution is 0.536. The van der Waals surface area contributed by atoms with Crippen molar-refractivity contribution in [3.05, 3.63) is 35.6 Å². The Morgan fingerprint density at radius 2 is 1.83 bits per heavy atom. The summed E-state index contributed by atoms with van der Waals surface area (Å²) in [6.45, 7) is 1.76. The predicted octanol–water partition coefficient (Wildman–Crippen LogP) is 1.17. The van der Waals surface area contributed by atoms with Crippen molar-refractivity contribution in [2.24, 2.45) is 11.5 Å². The molecule has 0 amide bonds. The summed E-state index contributed by atoms with van der Waals surface area (Å²) in [5.41, 5.74) is 11.7. The van der Waals surface area contributed by atoms with E-state index in [1.807, 2.05) is 0 Å². The minimum atomic E-state index is -0.425. The number of hydrogen-bond acceptors (Lipinski definition) is 2. The fourth-order valence-electron chi connectivity index (χ4n) is 1.03. The van der Waals surface area contributed by atoms with E-state index in [0.717, 1.165) is 0 Å². The molecule has 2 unspecified atom stereocenters. The Morgan fingerprint density at radius 1 is 1.25 bits per heavy atom. The van der Waals surface area contributed by atoms with Crippen molar-refractivity contribution in [2.75, 3.05) is 0 Å². The first kappa shape index (κ1) is 9.16. The molecule has 0 aliphatic carbocycles. The fourth-order valence-corrected chi connectivity index (χ4v) is 1.03. The van der Waals surface area contributed by atoms with Gasteiger partial charge in [0.2, 0.25) is 0 Å². The topological polar surface area (TPSA) is 52.0 Å². The van der Waals surface area contributed by atoms with Crippen molar-refractivity contribution in [3.63, 3.8) is 0 Å². The highest BCUT2D eigenvalue weighted by Gasteiger charge is 2.13. The molecule has 0 saturated carbocycles. The van der Waals surface area contributed by atoms with Gasteiger partial charge in [-0.2, -0.15) is 0 Å². The van der Waals surface area contributed by atoms with Crippen LogP contribution in [0.25, 0.3) is 0 Å². The molecule has 0 spiro atoms. The summed E-state index contributed by atoms with van der Waals surface area (Å²) in [4.78, 5) is 0. The second-order valence-corrected chi connectivity index (χ2v) is 2.91. The van der Waals surface area contributed by atoms with Crippen LogP contribution in [0.15, 0.2) is 24.3 Å². The van der Waals surface area contributed by atoms with Crippen molar-refractivity contribution < 1.29 is 4.39 Å². The van der Waals surface area contributed by atoms with Gasteiger partial charge in [0.1, 0.15) is 5.82 Å². The smallest absolute Gasteiger partial charge is 0.128 e. The van der Waals surface area contributed by atoms with E-state index < -0.39 is 6.04 Å². The van der Waals surface area contributed by atoms with Crippen LogP contribution in [0.4, 0.5) is 4.39 Å². The first-order valence-electron chi connectivity index (χ1n) is 3.88. The molecule has 1 rings (SSSR count). The van der Waals surface area contributed by atoms with E-state index in [4.69, 9.17) is 11.5 Å². The van der Waals surface area contributed by atoms with E-state index >= 15 is 0 Å². The average Bonchev–Trinajstić information content (AvgIpc) is 2.04. The number of nitrogens with two attached hydrogens (primary N) is 2. The molecular formula is C9H13FN2. The van der Waals surface area contributed by atoms with Gasteiger partial charge in [0.25, 0.3) is 0 Å². The summed E-state index contributed by atoms with van der Waals surface area (Å²) in [7, 11) is 0. The summed E-state index contributed by atoms with van der Waals surface area (Å²) in [6.07, 6.45) is 0. The van der Waals surface area contributed by atoms with Gasteiger partial charge in [-0.15, -0.1) is 0 Å². The molecule has 3 heteroatoms. The molecule has 0 fully saturated rings. The normalized spacial score (nSPS) is 15.7.